The van der Waals surface area contributed by atoms with Crippen molar-refractivity contribution in [1.82, 2.24) is 9.97 Å². The number of hydrogen-bond acceptors (Lipinski definition) is 5. The first-order chi connectivity index (χ1) is 11.7. The average molecular weight is 326 g/mol. The standard InChI is InChI=1S/C19H26N4O/c20-17-12-18(22-15-21-17)23-11-5-10-19(13-23,14-24)9-4-8-16-6-2-1-3-7-16/h1-3,6-7,12,15,24H,4-5,8-11,13-14H2,(H2,20,21,22). The molecule has 1 saturated heterocycles. The predicted molar refractivity (Wildman–Crippen MR) is 96.8 cm³/mol. The number of benzene rings is 1. The van der Waals surface area contributed by atoms with Gasteiger partial charge in [0, 0.05) is 24.6 Å². The van der Waals surface area contributed by atoms with Crippen LogP contribution in [0.15, 0.2) is 42.7 Å². The van der Waals surface area contributed by atoms with E-state index in [1.165, 1.54) is 11.9 Å². The summed E-state index contributed by atoms with van der Waals surface area (Å²) in [4.78, 5) is 10.5. The zero-order valence-corrected chi connectivity index (χ0v) is 14.1. The molecule has 0 aliphatic carbocycles. The molecule has 1 aliphatic rings. The maximum atomic E-state index is 10.1. The maximum Gasteiger partial charge on any atom is 0.134 e. The van der Waals surface area contributed by atoms with Crippen LogP contribution >= 0.6 is 0 Å². The van der Waals surface area contributed by atoms with Gasteiger partial charge >= 0.3 is 0 Å². The molecular weight excluding hydrogens is 300 g/mol. The Labute approximate surface area is 143 Å². The molecule has 1 aliphatic heterocycles. The summed E-state index contributed by atoms with van der Waals surface area (Å²) in [6.45, 7) is 2.00. The minimum Gasteiger partial charge on any atom is -0.396 e. The molecule has 0 saturated carbocycles. The fourth-order valence-electron chi connectivity index (χ4n) is 3.66. The number of nitrogen functional groups attached to an aromatic ring is 1. The molecule has 0 radical (unpaired) electrons. The van der Waals surface area contributed by atoms with E-state index in [2.05, 4.69) is 39.1 Å². The second-order valence-corrected chi connectivity index (χ2v) is 6.82. The highest BCUT2D eigenvalue weighted by Gasteiger charge is 2.35. The third-order valence-electron chi connectivity index (χ3n) is 5.01. The zero-order valence-electron chi connectivity index (χ0n) is 14.1. The lowest BCUT2D eigenvalue weighted by Gasteiger charge is -2.42. The van der Waals surface area contributed by atoms with E-state index < -0.39 is 0 Å². The summed E-state index contributed by atoms with van der Waals surface area (Å²) in [5, 5.41) is 10.1. The van der Waals surface area contributed by atoms with Gasteiger partial charge in [0.1, 0.15) is 18.0 Å². The molecule has 1 unspecified atom stereocenters. The van der Waals surface area contributed by atoms with E-state index in [1.54, 1.807) is 0 Å². The van der Waals surface area contributed by atoms with Crippen molar-refractivity contribution in [3.63, 3.8) is 0 Å². The van der Waals surface area contributed by atoms with Gasteiger partial charge in [-0.05, 0) is 37.7 Å². The minimum atomic E-state index is -0.0489. The van der Waals surface area contributed by atoms with Crippen molar-refractivity contribution in [2.45, 2.75) is 32.1 Å². The molecule has 1 aromatic carbocycles. The summed E-state index contributed by atoms with van der Waals surface area (Å²) in [6, 6.07) is 12.4. The number of anilines is 2. The summed E-state index contributed by atoms with van der Waals surface area (Å²) in [5.41, 5.74) is 7.10. The number of nitrogens with zero attached hydrogens (tertiary/aromatic N) is 3. The monoisotopic (exact) mass is 326 g/mol. The van der Waals surface area contributed by atoms with E-state index in [9.17, 15) is 5.11 Å². The van der Waals surface area contributed by atoms with Gasteiger partial charge in [-0.1, -0.05) is 30.3 Å². The summed E-state index contributed by atoms with van der Waals surface area (Å²) in [5.74, 6) is 1.35. The normalized spacial score (nSPS) is 21.0. The molecule has 3 N–H and O–H groups in total. The van der Waals surface area contributed by atoms with Gasteiger partial charge in [-0.15, -0.1) is 0 Å². The van der Waals surface area contributed by atoms with E-state index >= 15 is 0 Å². The smallest absolute Gasteiger partial charge is 0.134 e. The van der Waals surface area contributed by atoms with Crippen LogP contribution in [0.2, 0.25) is 0 Å². The van der Waals surface area contributed by atoms with Gasteiger partial charge in [0.15, 0.2) is 0 Å². The number of aryl methyl sites for hydroxylation is 1. The van der Waals surface area contributed by atoms with E-state index in [0.29, 0.717) is 5.82 Å². The van der Waals surface area contributed by atoms with Crippen LogP contribution in [0.1, 0.15) is 31.2 Å². The minimum absolute atomic E-state index is 0.0489. The quantitative estimate of drug-likeness (QED) is 0.853. The first kappa shape index (κ1) is 16.7. The number of nitrogens with two attached hydrogens (primary N) is 1. The first-order valence-electron chi connectivity index (χ1n) is 8.68. The van der Waals surface area contributed by atoms with Gasteiger partial charge in [-0.25, -0.2) is 9.97 Å². The summed E-state index contributed by atoms with van der Waals surface area (Å²) in [6.07, 6.45) is 6.81. The van der Waals surface area contributed by atoms with Crippen LogP contribution in [0, 0.1) is 5.41 Å². The largest absolute Gasteiger partial charge is 0.396 e. The average Bonchev–Trinajstić information content (AvgIpc) is 2.63. The van der Waals surface area contributed by atoms with Gasteiger partial charge in [-0.2, -0.15) is 0 Å². The highest BCUT2D eigenvalue weighted by molar-refractivity contribution is 5.46. The number of aliphatic hydroxyl groups excluding tert-OH is 1. The van der Waals surface area contributed by atoms with Crippen LogP contribution in [-0.2, 0) is 6.42 Å². The van der Waals surface area contributed by atoms with Crippen molar-refractivity contribution in [1.29, 1.82) is 0 Å². The van der Waals surface area contributed by atoms with Crippen molar-refractivity contribution in [3.05, 3.63) is 48.3 Å². The van der Waals surface area contributed by atoms with Crippen LogP contribution < -0.4 is 10.6 Å². The molecule has 2 heterocycles. The topological polar surface area (TPSA) is 75.3 Å². The number of aromatic nitrogens is 2. The molecule has 1 fully saturated rings. The lowest BCUT2D eigenvalue weighted by Crippen LogP contribution is -2.46. The van der Waals surface area contributed by atoms with Crippen molar-refractivity contribution >= 4 is 11.6 Å². The molecule has 0 spiro atoms. The number of hydrogen-bond donors (Lipinski definition) is 2. The predicted octanol–water partition coefficient (Wildman–Crippen LogP) is 2.66. The SMILES string of the molecule is Nc1cc(N2CCCC(CO)(CCCc3ccccc3)C2)ncn1. The van der Waals surface area contributed by atoms with Crippen molar-refractivity contribution in [3.8, 4) is 0 Å². The Hall–Kier alpha value is -2.14. The molecule has 24 heavy (non-hydrogen) atoms. The molecule has 1 atom stereocenters. The lowest BCUT2D eigenvalue weighted by atomic mass is 9.76. The molecule has 1 aromatic heterocycles. The Bertz CT molecular complexity index is 649. The molecule has 128 valence electrons. The summed E-state index contributed by atoms with van der Waals surface area (Å²) < 4.78 is 0. The van der Waals surface area contributed by atoms with E-state index in [-0.39, 0.29) is 12.0 Å². The maximum absolute atomic E-state index is 10.1. The second-order valence-electron chi connectivity index (χ2n) is 6.82. The molecule has 0 amide bonds. The Morgan fingerprint density at radius 1 is 1.21 bits per heavy atom. The lowest BCUT2D eigenvalue weighted by molar-refractivity contribution is 0.0939. The molecule has 5 heteroatoms. The Balaban J connectivity index is 1.63. The van der Waals surface area contributed by atoms with Gasteiger partial charge in [0.2, 0.25) is 0 Å². The summed E-state index contributed by atoms with van der Waals surface area (Å²) >= 11 is 0. The van der Waals surface area contributed by atoms with Crippen LogP contribution in [0.4, 0.5) is 11.6 Å². The van der Waals surface area contributed by atoms with Crippen LogP contribution in [0.25, 0.3) is 0 Å². The Morgan fingerprint density at radius 3 is 2.79 bits per heavy atom. The highest BCUT2D eigenvalue weighted by atomic mass is 16.3. The Morgan fingerprint density at radius 2 is 2.04 bits per heavy atom. The Kier molecular flexibility index (Phi) is 5.30. The molecular formula is C19H26N4O. The van der Waals surface area contributed by atoms with Gasteiger partial charge in [0.05, 0.1) is 6.61 Å². The van der Waals surface area contributed by atoms with Crippen molar-refractivity contribution in [2.24, 2.45) is 5.41 Å². The van der Waals surface area contributed by atoms with Gasteiger partial charge < -0.3 is 15.7 Å². The fourth-order valence-corrected chi connectivity index (χ4v) is 3.66. The number of aliphatic hydroxyl groups is 1. The molecule has 5 nitrogen and oxygen atoms in total. The number of rotatable bonds is 6. The van der Waals surface area contributed by atoms with Crippen LogP contribution in [0.3, 0.4) is 0 Å². The first-order valence-corrected chi connectivity index (χ1v) is 8.68. The highest BCUT2D eigenvalue weighted by Crippen LogP contribution is 2.36. The summed E-state index contributed by atoms with van der Waals surface area (Å²) in [7, 11) is 0. The molecule has 3 rings (SSSR count). The third kappa shape index (κ3) is 4.03. The van der Waals surface area contributed by atoms with Crippen molar-refractivity contribution < 1.29 is 5.11 Å². The molecule has 2 aromatic rings. The van der Waals surface area contributed by atoms with Crippen LogP contribution in [0.5, 0.6) is 0 Å². The molecule has 0 bridgehead atoms. The third-order valence-corrected chi connectivity index (χ3v) is 5.01. The van der Waals surface area contributed by atoms with E-state index in [0.717, 1.165) is 51.0 Å². The van der Waals surface area contributed by atoms with Crippen LogP contribution in [-0.4, -0.2) is 34.8 Å². The number of piperidine rings is 1. The van der Waals surface area contributed by atoms with Crippen molar-refractivity contribution in [2.75, 3.05) is 30.3 Å². The van der Waals surface area contributed by atoms with Gasteiger partial charge in [-0.3, -0.25) is 0 Å². The second kappa shape index (κ2) is 7.62. The van der Waals surface area contributed by atoms with E-state index in [4.69, 9.17) is 5.73 Å². The van der Waals surface area contributed by atoms with Gasteiger partial charge in [0.25, 0.3) is 0 Å². The van der Waals surface area contributed by atoms with E-state index in [1.807, 2.05) is 12.1 Å². The zero-order chi connectivity index (χ0) is 16.8. The fraction of sp³-hybridized carbons (Fsp3) is 0.474.